The van der Waals surface area contributed by atoms with Gasteiger partial charge in [-0.2, -0.15) is 5.26 Å². The van der Waals surface area contributed by atoms with Crippen LogP contribution in [0.4, 0.5) is 5.82 Å². The van der Waals surface area contributed by atoms with E-state index in [1.165, 1.54) is 5.56 Å². The number of benzene rings is 1. The minimum Gasteiger partial charge on any atom is -0.497 e. The molecule has 0 radical (unpaired) electrons. The molecule has 0 aliphatic carbocycles. The lowest BCUT2D eigenvalue weighted by atomic mass is 10.1. The van der Waals surface area contributed by atoms with Crippen LogP contribution in [-0.4, -0.2) is 49.7 Å². The topological polar surface area (TPSA) is 52.4 Å². The van der Waals surface area contributed by atoms with Gasteiger partial charge in [-0.25, -0.2) is 4.98 Å². The summed E-state index contributed by atoms with van der Waals surface area (Å²) in [5.74, 6) is 1.71. The van der Waals surface area contributed by atoms with Gasteiger partial charge in [-0.3, -0.25) is 4.90 Å². The van der Waals surface area contributed by atoms with Crippen LogP contribution >= 0.6 is 0 Å². The number of anilines is 1. The van der Waals surface area contributed by atoms with Gasteiger partial charge in [-0.15, -0.1) is 0 Å². The molecule has 5 nitrogen and oxygen atoms in total. The summed E-state index contributed by atoms with van der Waals surface area (Å²) in [5.41, 5.74) is 1.99. The first kappa shape index (κ1) is 16.3. The maximum absolute atomic E-state index is 9.21. The van der Waals surface area contributed by atoms with Crippen molar-refractivity contribution in [3.8, 4) is 11.8 Å². The molecule has 1 fully saturated rings. The van der Waals surface area contributed by atoms with Gasteiger partial charge >= 0.3 is 0 Å². The van der Waals surface area contributed by atoms with Crippen LogP contribution in [0.5, 0.6) is 5.75 Å². The average molecular weight is 322 g/mol. The number of hydrogen-bond donors (Lipinski definition) is 0. The normalized spacial score (nSPS) is 15.1. The minimum atomic E-state index is 0.657. The van der Waals surface area contributed by atoms with Gasteiger partial charge in [0.2, 0.25) is 0 Å². The van der Waals surface area contributed by atoms with E-state index < -0.39 is 0 Å². The average Bonchev–Trinajstić information content (AvgIpc) is 2.67. The van der Waals surface area contributed by atoms with Gasteiger partial charge < -0.3 is 9.64 Å². The van der Waals surface area contributed by atoms with Crippen molar-refractivity contribution >= 4 is 5.82 Å². The maximum atomic E-state index is 9.21. The SMILES string of the molecule is COc1ccc(CCN2CCN(c3ncccc3C#N)CC2)cc1. The molecule has 5 heteroatoms. The third kappa shape index (κ3) is 3.84. The number of pyridine rings is 1. The Balaban J connectivity index is 1.51. The van der Waals surface area contributed by atoms with Crippen molar-refractivity contribution < 1.29 is 4.74 Å². The fourth-order valence-corrected chi connectivity index (χ4v) is 3.00. The molecule has 1 saturated heterocycles. The highest BCUT2D eigenvalue weighted by molar-refractivity contribution is 5.53. The molecule has 1 aromatic heterocycles. The zero-order valence-corrected chi connectivity index (χ0v) is 14.0. The van der Waals surface area contributed by atoms with E-state index in [2.05, 4.69) is 33.0 Å². The Kier molecular flexibility index (Phi) is 5.29. The van der Waals surface area contributed by atoms with Crippen LogP contribution in [-0.2, 0) is 6.42 Å². The molecular formula is C19H22N4O. The van der Waals surface area contributed by atoms with Gasteiger partial charge in [0.25, 0.3) is 0 Å². The van der Waals surface area contributed by atoms with Gasteiger partial charge in [0.05, 0.1) is 12.7 Å². The molecule has 0 amide bonds. The second-order valence-corrected chi connectivity index (χ2v) is 5.91. The quantitative estimate of drug-likeness (QED) is 0.845. The zero-order chi connectivity index (χ0) is 16.8. The zero-order valence-electron chi connectivity index (χ0n) is 14.0. The summed E-state index contributed by atoms with van der Waals surface area (Å²) in [6.07, 6.45) is 2.79. The molecule has 0 unspecified atom stereocenters. The number of methoxy groups -OCH3 is 1. The molecule has 0 atom stereocenters. The number of nitrogens with zero attached hydrogens (tertiary/aromatic N) is 4. The highest BCUT2D eigenvalue weighted by Crippen LogP contribution is 2.18. The van der Waals surface area contributed by atoms with Crippen LogP contribution in [0.2, 0.25) is 0 Å². The summed E-state index contributed by atoms with van der Waals surface area (Å²) in [5, 5.41) is 9.21. The van der Waals surface area contributed by atoms with Gasteiger partial charge in [-0.1, -0.05) is 12.1 Å². The van der Waals surface area contributed by atoms with Crippen molar-refractivity contribution in [3.63, 3.8) is 0 Å². The van der Waals surface area contributed by atoms with Crippen LogP contribution < -0.4 is 9.64 Å². The first-order valence-corrected chi connectivity index (χ1v) is 8.25. The van der Waals surface area contributed by atoms with E-state index in [0.29, 0.717) is 5.56 Å². The van der Waals surface area contributed by atoms with E-state index in [1.807, 2.05) is 24.3 Å². The first-order chi connectivity index (χ1) is 11.8. The van der Waals surface area contributed by atoms with E-state index in [4.69, 9.17) is 4.74 Å². The monoisotopic (exact) mass is 322 g/mol. The third-order valence-electron chi connectivity index (χ3n) is 4.45. The standard InChI is InChI=1S/C19H22N4O/c1-24-18-6-4-16(5-7-18)8-10-22-11-13-23(14-12-22)19-17(15-20)3-2-9-21-19/h2-7,9H,8,10-14H2,1H3. The number of ether oxygens (including phenoxy) is 1. The van der Waals surface area contributed by atoms with E-state index >= 15 is 0 Å². The molecule has 0 saturated carbocycles. The molecule has 124 valence electrons. The molecule has 24 heavy (non-hydrogen) atoms. The number of aromatic nitrogens is 1. The lowest BCUT2D eigenvalue weighted by Gasteiger charge is -2.35. The minimum absolute atomic E-state index is 0.657. The van der Waals surface area contributed by atoms with Crippen molar-refractivity contribution in [3.05, 3.63) is 53.7 Å². The van der Waals surface area contributed by atoms with Crippen molar-refractivity contribution in [2.45, 2.75) is 6.42 Å². The van der Waals surface area contributed by atoms with Crippen molar-refractivity contribution in [2.24, 2.45) is 0 Å². The number of nitriles is 1. The van der Waals surface area contributed by atoms with E-state index in [1.54, 1.807) is 13.3 Å². The van der Waals surface area contributed by atoms with Crippen LogP contribution in [0.25, 0.3) is 0 Å². The Morgan fingerprint density at radius 1 is 1.12 bits per heavy atom. The molecule has 0 N–H and O–H groups in total. The summed E-state index contributed by atoms with van der Waals surface area (Å²) in [6, 6.07) is 14.2. The second-order valence-electron chi connectivity index (χ2n) is 5.91. The molecule has 0 bridgehead atoms. The Morgan fingerprint density at radius 2 is 1.88 bits per heavy atom. The summed E-state index contributed by atoms with van der Waals surface area (Å²) in [7, 11) is 1.69. The summed E-state index contributed by atoms with van der Waals surface area (Å²) in [4.78, 5) is 9.06. The van der Waals surface area contributed by atoms with Crippen LogP contribution in [0.15, 0.2) is 42.6 Å². The molecule has 0 spiro atoms. The predicted molar refractivity (Wildman–Crippen MR) is 94.3 cm³/mol. The largest absolute Gasteiger partial charge is 0.497 e. The summed E-state index contributed by atoms with van der Waals surface area (Å²) >= 11 is 0. The van der Waals surface area contributed by atoms with Gasteiger partial charge in [0, 0.05) is 38.9 Å². The molecule has 1 aliphatic heterocycles. The Labute approximate surface area is 143 Å². The smallest absolute Gasteiger partial charge is 0.146 e. The first-order valence-electron chi connectivity index (χ1n) is 8.25. The molecule has 1 aliphatic rings. The third-order valence-corrected chi connectivity index (χ3v) is 4.45. The molecule has 1 aromatic carbocycles. The van der Waals surface area contributed by atoms with Crippen molar-refractivity contribution in [1.29, 1.82) is 5.26 Å². The molecule has 2 aromatic rings. The lowest BCUT2D eigenvalue weighted by molar-refractivity contribution is 0.260. The predicted octanol–water partition coefficient (Wildman–Crippen LogP) is 2.33. The Morgan fingerprint density at radius 3 is 2.54 bits per heavy atom. The maximum Gasteiger partial charge on any atom is 0.146 e. The Bertz CT molecular complexity index is 700. The number of rotatable bonds is 5. The van der Waals surface area contributed by atoms with E-state index in [0.717, 1.165) is 50.7 Å². The molecular weight excluding hydrogens is 300 g/mol. The van der Waals surface area contributed by atoms with E-state index in [9.17, 15) is 5.26 Å². The highest BCUT2D eigenvalue weighted by Gasteiger charge is 2.19. The van der Waals surface area contributed by atoms with Gasteiger partial charge in [0.1, 0.15) is 17.6 Å². The fourth-order valence-electron chi connectivity index (χ4n) is 3.00. The van der Waals surface area contributed by atoms with Gasteiger partial charge in [-0.05, 0) is 36.2 Å². The van der Waals surface area contributed by atoms with Crippen LogP contribution in [0.3, 0.4) is 0 Å². The highest BCUT2D eigenvalue weighted by atomic mass is 16.5. The number of hydrogen-bond acceptors (Lipinski definition) is 5. The number of piperazine rings is 1. The molecule has 2 heterocycles. The van der Waals surface area contributed by atoms with E-state index in [-0.39, 0.29) is 0 Å². The van der Waals surface area contributed by atoms with Crippen molar-refractivity contribution in [2.75, 3.05) is 44.7 Å². The fraction of sp³-hybridized carbons (Fsp3) is 0.368. The van der Waals surface area contributed by atoms with Gasteiger partial charge in [0.15, 0.2) is 0 Å². The van der Waals surface area contributed by atoms with Crippen LogP contribution in [0.1, 0.15) is 11.1 Å². The lowest BCUT2D eigenvalue weighted by Crippen LogP contribution is -2.47. The van der Waals surface area contributed by atoms with Crippen molar-refractivity contribution in [1.82, 2.24) is 9.88 Å². The summed E-state index contributed by atoms with van der Waals surface area (Å²) < 4.78 is 5.19. The Hall–Kier alpha value is -2.58. The molecule has 3 rings (SSSR count). The second kappa shape index (κ2) is 7.80. The summed E-state index contributed by atoms with van der Waals surface area (Å²) in [6.45, 7) is 4.87. The van der Waals surface area contributed by atoms with Crippen LogP contribution in [0, 0.1) is 11.3 Å².